The minimum atomic E-state index is -1.26. The topological polar surface area (TPSA) is 116 Å². The fraction of sp³-hybridized carbons (Fsp3) is 0.545. The molecule has 2 atom stereocenters. The highest BCUT2D eigenvalue weighted by Crippen LogP contribution is 1.98. The van der Waals surface area contributed by atoms with Gasteiger partial charge >= 0.3 is 18.0 Å². The maximum absolute atomic E-state index is 11.4. The van der Waals surface area contributed by atoms with E-state index >= 15 is 0 Å². The van der Waals surface area contributed by atoms with E-state index in [-0.39, 0.29) is 18.9 Å². The second kappa shape index (κ2) is 8.10. The molecule has 7 heteroatoms. The van der Waals surface area contributed by atoms with Crippen LogP contribution in [-0.2, 0) is 9.59 Å². The number of aliphatic carboxylic acids is 2. The third-order valence-electron chi connectivity index (χ3n) is 2.15. The zero-order valence-corrected chi connectivity index (χ0v) is 10.2. The number of carbonyl (C=O) groups excluding carboxylic acids is 1. The summed E-state index contributed by atoms with van der Waals surface area (Å²) in [5.41, 5.74) is 0. The largest absolute Gasteiger partial charge is 0.481 e. The fourth-order valence-corrected chi connectivity index (χ4v) is 1.26. The normalized spacial score (nSPS) is 13.2. The van der Waals surface area contributed by atoms with Gasteiger partial charge < -0.3 is 20.8 Å². The number of amides is 2. The lowest BCUT2D eigenvalue weighted by molar-refractivity contribution is -0.140. The summed E-state index contributed by atoms with van der Waals surface area (Å²) in [4.78, 5) is 32.6. The molecule has 0 fully saturated rings. The summed E-state index contributed by atoms with van der Waals surface area (Å²) in [7, 11) is 0. The monoisotopic (exact) mass is 258 g/mol. The maximum atomic E-state index is 11.4. The van der Waals surface area contributed by atoms with Gasteiger partial charge in [0.25, 0.3) is 0 Å². The van der Waals surface area contributed by atoms with E-state index in [9.17, 15) is 14.4 Å². The van der Waals surface area contributed by atoms with Crippen molar-refractivity contribution in [2.75, 3.05) is 0 Å². The molecule has 7 nitrogen and oxygen atoms in total. The molecule has 0 aliphatic carbocycles. The quantitative estimate of drug-likeness (QED) is 0.475. The standard InChI is InChI=1S/C11H18N2O5/c1-3-4-7(2)12-11(18)13-8(10(16)17)5-6-9(14)15/h3,7-8H,1,4-6H2,2H3,(H,14,15)(H,16,17)(H2,12,13,18). The molecule has 0 spiro atoms. The van der Waals surface area contributed by atoms with Crippen molar-refractivity contribution in [2.45, 2.75) is 38.3 Å². The van der Waals surface area contributed by atoms with E-state index in [0.29, 0.717) is 6.42 Å². The van der Waals surface area contributed by atoms with Gasteiger partial charge in [-0.3, -0.25) is 4.79 Å². The van der Waals surface area contributed by atoms with Crippen molar-refractivity contribution in [1.29, 1.82) is 0 Å². The maximum Gasteiger partial charge on any atom is 0.326 e. The van der Waals surface area contributed by atoms with Crippen LogP contribution < -0.4 is 10.6 Å². The second-order valence-electron chi connectivity index (χ2n) is 3.87. The number of urea groups is 1. The SMILES string of the molecule is C=CCC(C)NC(=O)NC(CCC(=O)O)C(=O)O. The molecule has 0 bridgehead atoms. The zero-order chi connectivity index (χ0) is 14.1. The van der Waals surface area contributed by atoms with Crippen LogP contribution in [0.4, 0.5) is 4.79 Å². The van der Waals surface area contributed by atoms with Crippen molar-refractivity contribution in [3.63, 3.8) is 0 Å². The van der Waals surface area contributed by atoms with Gasteiger partial charge in [-0.1, -0.05) is 6.08 Å². The molecule has 0 aliphatic heterocycles. The van der Waals surface area contributed by atoms with Crippen LogP contribution in [0.5, 0.6) is 0 Å². The van der Waals surface area contributed by atoms with Crippen LogP contribution in [0.25, 0.3) is 0 Å². The Balaban J connectivity index is 4.23. The summed E-state index contributed by atoms with van der Waals surface area (Å²) in [5, 5.41) is 22.0. The van der Waals surface area contributed by atoms with Gasteiger partial charge in [0.1, 0.15) is 6.04 Å². The molecular formula is C11H18N2O5. The van der Waals surface area contributed by atoms with Crippen LogP contribution >= 0.6 is 0 Å². The number of carboxylic acid groups (broad SMARTS) is 2. The van der Waals surface area contributed by atoms with Gasteiger partial charge in [-0.15, -0.1) is 6.58 Å². The number of rotatable bonds is 8. The van der Waals surface area contributed by atoms with Crippen LogP contribution in [0.15, 0.2) is 12.7 Å². The Morgan fingerprint density at radius 2 is 1.89 bits per heavy atom. The average molecular weight is 258 g/mol. The second-order valence-corrected chi connectivity index (χ2v) is 3.87. The summed E-state index contributed by atoms with van der Waals surface area (Å²) in [6, 6.07) is -2.02. The molecule has 0 radical (unpaired) electrons. The average Bonchev–Trinajstić information content (AvgIpc) is 2.23. The Kier molecular flexibility index (Phi) is 7.18. The fourth-order valence-electron chi connectivity index (χ4n) is 1.26. The molecular weight excluding hydrogens is 240 g/mol. The molecule has 0 aliphatic rings. The lowest BCUT2D eigenvalue weighted by Crippen LogP contribution is -2.48. The molecule has 2 amide bonds. The van der Waals surface area contributed by atoms with Crippen molar-refractivity contribution in [3.05, 3.63) is 12.7 Å². The molecule has 0 aromatic carbocycles. The van der Waals surface area contributed by atoms with Crippen LogP contribution in [0.1, 0.15) is 26.2 Å². The van der Waals surface area contributed by atoms with E-state index < -0.39 is 24.0 Å². The minimum absolute atomic E-state index is 0.159. The molecule has 0 aromatic heterocycles. The van der Waals surface area contributed by atoms with Crippen LogP contribution in [-0.4, -0.2) is 40.3 Å². The summed E-state index contributed by atoms with van der Waals surface area (Å²) >= 11 is 0. The highest BCUT2D eigenvalue weighted by molar-refractivity contribution is 5.83. The Morgan fingerprint density at radius 3 is 2.33 bits per heavy atom. The van der Waals surface area contributed by atoms with Crippen molar-refractivity contribution in [2.24, 2.45) is 0 Å². The first-order valence-electron chi connectivity index (χ1n) is 5.49. The Bertz CT molecular complexity index is 329. The van der Waals surface area contributed by atoms with E-state index in [1.54, 1.807) is 13.0 Å². The van der Waals surface area contributed by atoms with Gasteiger partial charge in [-0.2, -0.15) is 0 Å². The Morgan fingerprint density at radius 1 is 1.28 bits per heavy atom. The van der Waals surface area contributed by atoms with Gasteiger partial charge in [-0.05, 0) is 19.8 Å². The van der Waals surface area contributed by atoms with Crippen LogP contribution in [0.2, 0.25) is 0 Å². The van der Waals surface area contributed by atoms with E-state index in [1.165, 1.54) is 0 Å². The lowest BCUT2D eigenvalue weighted by atomic mass is 10.1. The number of nitrogens with one attached hydrogen (secondary N) is 2. The molecule has 0 saturated carbocycles. The number of carboxylic acids is 2. The summed E-state index contributed by atoms with van der Waals surface area (Å²) in [6.07, 6.45) is 1.71. The highest BCUT2D eigenvalue weighted by atomic mass is 16.4. The van der Waals surface area contributed by atoms with Gasteiger partial charge in [0, 0.05) is 12.5 Å². The predicted molar refractivity (Wildman–Crippen MR) is 64.2 cm³/mol. The molecule has 4 N–H and O–H groups in total. The predicted octanol–water partition coefficient (Wildman–Crippen LogP) is 0.568. The Labute approximate surface area is 105 Å². The van der Waals surface area contributed by atoms with E-state index in [2.05, 4.69) is 17.2 Å². The smallest absolute Gasteiger partial charge is 0.326 e. The van der Waals surface area contributed by atoms with Crippen molar-refractivity contribution in [3.8, 4) is 0 Å². The molecule has 102 valence electrons. The van der Waals surface area contributed by atoms with Gasteiger partial charge in [0.15, 0.2) is 0 Å². The molecule has 0 heterocycles. The summed E-state index contributed by atoms with van der Waals surface area (Å²) < 4.78 is 0. The third kappa shape index (κ3) is 7.26. The van der Waals surface area contributed by atoms with Crippen molar-refractivity contribution >= 4 is 18.0 Å². The van der Waals surface area contributed by atoms with Gasteiger partial charge in [0.05, 0.1) is 0 Å². The first-order chi connectivity index (χ1) is 8.36. The van der Waals surface area contributed by atoms with Crippen LogP contribution in [0, 0.1) is 0 Å². The number of carbonyl (C=O) groups is 3. The van der Waals surface area contributed by atoms with Gasteiger partial charge in [0.2, 0.25) is 0 Å². The zero-order valence-electron chi connectivity index (χ0n) is 10.2. The minimum Gasteiger partial charge on any atom is -0.481 e. The van der Waals surface area contributed by atoms with E-state index in [4.69, 9.17) is 10.2 Å². The Hall–Kier alpha value is -2.05. The molecule has 18 heavy (non-hydrogen) atoms. The van der Waals surface area contributed by atoms with E-state index in [0.717, 1.165) is 0 Å². The van der Waals surface area contributed by atoms with Crippen molar-refractivity contribution in [1.82, 2.24) is 10.6 Å². The summed E-state index contributed by atoms with van der Waals surface area (Å²) in [6.45, 7) is 5.26. The first kappa shape index (κ1) is 16.0. The molecule has 0 saturated heterocycles. The molecule has 2 unspecified atom stereocenters. The number of hydrogen-bond donors (Lipinski definition) is 4. The number of hydrogen-bond acceptors (Lipinski definition) is 3. The molecule has 0 rings (SSSR count). The third-order valence-corrected chi connectivity index (χ3v) is 2.15. The van der Waals surface area contributed by atoms with Crippen LogP contribution in [0.3, 0.4) is 0 Å². The molecule has 0 aromatic rings. The first-order valence-corrected chi connectivity index (χ1v) is 5.49. The highest BCUT2D eigenvalue weighted by Gasteiger charge is 2.21. The lowest BCUT2D eigenvalue weighted by Gasteiger charge is -2.17. The van der Waals surface area contributed by atoms with Gasteiger partial charge in [-0.25, -0.2) is 9.59 Å². The summed E-state index contributed by atoms with van der Waals surface area (Å²) in [5.74, 6) is -2.37. The van der Waals surface area contributed by atoms with E-state index in [1.807, 2.05) is 0 Å². The van der Waals surface area contributed by atoms with Crippen molar-refractivity contribution < 1.29 is 24.6 Å².